The predicted octanol–water partition coefficient (Wildman–Crippen LogP) is 2.31. The molecular formula is C14H16N2O2S. The van der Waals surface area contributed by atoms with Crippen LogP contribution < -0.4 is 0 Å². The molecule has 0 saturated heterocycles. The lowest BCUT2D eigenvalue weighted by molar-refractivity contribution is 0.280. The minimum absolute atomic E-state index is 0.0893. The molecule has 19 heavy (non-hydrogen) atoms. The van der Waals surface area contributed by atoms with E-state index in [2.05, 4.69) is 16.0 Å². The van der Waals surface area contributed by atoms with Crippen molar-refractivity contribution in [2.75, 3.05) is 6.54 Å². The van der Waals surface area contributed by atoms with Crippen LogP contribution in [0.2, 0.25) is 0 Å². The topological polar surface area (TPSA) is 65.7 Å². The van der Waals surface area contributed by atoms with E-state index in [9.17, 15) is 10.2 Å². The van der Waals surface area contributed by atoms with Gasteiger partial charge in [-0.15, -0.1) is 11.3 Å². The van der Waals surface area contributed by atoms with Crippen molar-refractivity contribution in [2.24, 2.45) is 4.99 Å². The maximum atomic E-state index is 9.93. The first-order chi connectivity index (χ1) is 9.22. The molecule has 0 aliphatic carbocycles. The standard InChI is InChI=1S/C14H16N2O2S/c1-10-14(18)13(11(9-17)7-16-10)8-15-5-4-12-3-2-6-19-12/h2-3,6-8,17-18H,4-5,9H2,1H3. The molecule has 0 amide bonds. The SMILES string of the molecule is Cc1ncc(CO)c(C=NCCc2cccs2)c1O. The van der Waals surface area contributed by atoms with Crippen molar-refractivity contribution in [3.63, 3.8) is 0 Å². The number of thiophene rings is 1. The number of pyridine rings is 1. The number of hydrogen-bond acceptors (Lipinski definition) is 5. The summed E-state index contributed by atoms with van der Waals surface area (Å²) in [7, 11) is 0. The van der Waals surface area contributed by atoms with Crippen LogP contribution in [-0.2, 0) is 13.0 Å². The van der Waals surface area contributed by atoms with Crippen LogP contribution in [0.25, 0.3) is 0 Å². The van der Waals surface area contributed by atoms with E-state index < -0.39 is 0 Å². The number of aromatic hydroxyl groups is 1. The van der Waals surface area contributed by atoms with Gasteiger partial charge in [-0.2, -0.15) is 0 Å². The molecule has 0 aliphatic heterocycles. The van der Waals surface area contributed by atoms with E-state index in [0.717, 1.165) is 6.42 Å². The molecule has 2 aromatic heterocycles. The molecule has 0 fully saturated rings. The zero-order valence-corrected chi connectivity index (χ0v) is 11.5. The summed E-state index contributed by atoms with van der Waals surface area (Å²) in [4.78, 5) is 9.61. The van der Waals surface area contributed by atoms with Crippen molar-refractivity contribution in [3.8, 4) is 5.75 Å². The zero-order valence-electron chi connectivity index (χ0n) is 10.7. The lowest BCUT2D eigenvalue weighted by Crippen LogP contribution is -1.98. The molecule has 2 heterocycles. The number of nitrogens with zero attached hydrogens (tertiary/aromatic N) is 2. The highest BCUT2D eigenvalue weighted by Gasteiger charge is 2.08. The summed E-state index contributed by atoms with van der Waals surface area (Å²) in [6, 6.07) is 4.10. The maximum absolute atomic E-state index is 9.93. The first-order valence-electron chi connectivity index (χ1n) is 6.03. The van der Waals surface area contributed by atoms with Crippen LogP contribution in [0.5, 0.6) is 5.75 Å². The van der Waals surface area contributed by atoms with Gasteiger partial charge >= 0.3 is 0 Å². The Labute approximate surface area is 116 Å². The van der Waals surface area contributed by atoms with Crippen molar-refractivity contribution in [1.29, 1.82) is 0 Å². The van der Waals surface area contributed by atoms with E-state index in [1.54, 1.807) is 30.7 Å². The smallest absolute Gasteiger partial charge is 0.145 e. The molecule has 0 atom stereocenters. The minimum Gasteiger partial charge on any atom is -0.505 e. The molecule has 0 bridgehead atoms. The molecule has 2 N–H and O–H groups in total. The fourth-order valence-corrected chi connectivity index (χ4v) is 2.41. The highest BCUT2D eigenvalue weighted by atomic mass is 32.1. The highest BCUT2D eigenvalue weighted by Crippen LogP contribution is 2.21. The van der Waals surface area contributed by atoms with Crippen LogP contribution in [0, 0.1) is 6.92 Å². The fourth-order valence-electron chi connectivity index (χ4n) is 1.71. The number of aliphatic imine (C=N–C) groups is 1. The Morgan fingerprint density at radius 2 is 2.32 bits per heavy atom. The molecule has 2 rings (SSSR count). The lowest BCUT2D eigenvalue weighted by Gasteiger charge is -2.06. The van der Waals surface area contributed by atoms with Crippen LogP contribution >= 0.6 is 11.3 Å². The normalized spacial score (nSPS) is 11.3. The Kier molecular flexibility index (Phi) is 4.65. The number of aliphatic hydroxyl groups excluding tert-OH is 1. The molecule has 0 saturated carbocycles. The molecule has 0 spiro atoms. The van der Waals surface area contributed by atoms with Crippen molar-refractivity contribution < 1.29 is 10.2 Å². The molecule has 2 aromatic rings. The van der Waals surface area contributed by atoms with Gasteiger partial charge < -0.3 is 10.2 Å². The summed E-state index contributed by atoms with van der Waals surface area (Å²) in [6.07, 6.45) is 4.06. The van der Waals surface area contributed by atoms with Gasteiger partial charge in [-0.1, -0.05) is 6.07 Å². The van der Waals surface area contributed by atoms with Gasteiger partial charge in [-0.05, 0) is 18.4 Å². The second-order valence-corrected chi connectivity index (χ2v) is 5.19. The monoisotopic (exact) mass is 276 g/mol. The number of aromatic nitrogens is 1. The highest BCUT2D eigenvalue weighted by molar-refractivity contribution is 7.09. The minimum atomic E-state index is -0.160. The molecule has 0 aliphatic rings. The van der Waals surface area contributed by atoms with Crippen LogP contribution in [-0.4, -0.2) is 28.0 Å². The third kappa shape index (κ3) is 3.39. The van der Waals surface area contributed by atoms with E-state index in [4.69, 9.17) is 0 Å². The Morgan fingerprint density at radius 1 is 1.47 bits per heavy atom. The quantitative estimate of drug-likeness (QED) is 0.824. The summed E-state index contributed by atoms with van der Waals surface area (Å²) < 4.78 is 0. The van der Waals surface area contributed by atoms with E-state index in [-0.39, 0.29) is 12.4 Å². The van der Waals surface area contributed by atoms with Crippen molar-refractivity contribution in [1.82, 2.24) is 4.98 Å². The second kappa shape index (κ2) is 6.45. The van der Waals surface area contributed by atoms with Gasteiger partial charge in [-0.25, -0.2) is 0 Å². The molecular weight excluding hydrogens is 260 g/mol. The summed E-state index contributed by atoms with van der Waals surface area (Å²) in [5, 5.41) is 21.2. The lowest BCUT2D eigenvalue weighted by atomic mass is 10.1. The van der Waals surface area contributed by atoms with Gasteiger partial charge in [0.2, 0.25) is 0 Å². The number of hydrogen-bond donors (Lipinski definition) is 2. The van der Waals surface area contributed by atoms with Crippen molar-refractivity contribution >= 4 is 17.6 Å². The van der Waals surface area contributed by atoms with E-state index in [1.165, 1.54) is 4.88 Å². The zero-order chi connectivity index (χ0) is 13.7. The van der Waals surface area contributed by atoms with Gasteiger partial charge in [0.05, 0.1) is 12.3 Å². The largest absolute Gasteiger partial charge is 0.505 e. The molecule has 100 valence electrons. The summed E-state index contributed by atoms with van der Waals surface area (Å²) in [5.41, 5.74) is 1.68. The van der Waals surface area contributed by atoms with Crippen molar-refractivity contribution in [2.45, 2.75) is 20.0 Å². The van der Waals surface area contributed by atoms with Crippen LogP contribution in [0.15, 0.2) is 28.7 Å². The Hall–Kier alpha value is -1.72. The molecule has 0 unspecified atom stereocenters. The molecule has 0 aromatic carbocycles. The van der Waals surface area contributed by atoms with E-state index in [0.29, 0.717) is 23.4 Å². The number of aliphatic hydroxyl groups is 1. The summed E-state index contributed by atoms with van der Waals surface area (Å²) in [5.74, 6) is 0.0893. The third-order valence-corrected chi connectivity index (χ3v) is 3.75. The average molecular weight is 276 g/mol. The Balaban J connectivity index is 2.07. The van der Waals surface area contributed by atoms with Gasteiger partial charge in [0.1, 0.15) is 5.75 Å². The fraction of sp³-hybridized carbons (Fsp3) is 0.286. The maximum Gasteiger partial charge on any atom is 0.145 e. The van der Waals surface area contributed by atoms with E-state index in [1.807, 2.05) is 11.4 Å². The summed E-state index contributed by atoms with van der Waals surface area (Å²) >= 11 is 1.71. The van der Waals surface area contributed by atoms with Crippen molar-refractivity contribution in [3.05, 3.63) is 45.4 Å². The molecule has 5 heteroatoms. The van der Waals surface area contributed by atoms with Gasteiger partial charge in [0.25, 0.3) is 0 Å². The van der Waals surface area contributed by atoms with Crippen LogP contribution in [0.3, 0.4) is 0 Å². The molecule has 4 nitrogen and oxygen atoms in total. The number of aryl methyl sites for hydroxylation is 1. The second-order valence-electron chi connectivity index (χ2n) is 4.15. The first-order valence-corrected chi connectivity index (χ1v) is 6.91. The Bertz CT molecular complexity index is 565. The third-order valence-electron chi connectivity index (χ3n) is 2.82. The number of rotatable bonds is 5. The van der Waals surface area contributed by atoms with Crippen LogP contribution in [0.4, 0.5) is 0 Å². The van der Waals surface area contributed by atoms with Gasteiger partial charge in [0, 0.05) is 41.4 Å². The first kappa shape index (κ1) is 13.7. The van der Waals surface area contributed by atoms with Gasteiger partial charge in [-0.3, -0.25) is 9.98 Å². The molecule has 0 radical (unpaired) electrons. The summed E-state index contributed by atoms with van der Waals surface area (Å²) in [6.45, 7) is 2.22. The van der Waals surface area contributed by atoms with Gasteiger partial charge in [0.15, 0.2) is 0 Å². The predicted molar refractivity (Wildman–Crippen MR) is 77.0 cm³/mol. The Morgan fingerprint density at radius 3 is 3.00 bits per heavy atom. The average Bonchev–Trinajstić information content (AvgIpc) is 2.92. The van der Waals surface area contributed by atoms with Crippen LogP contribution in [0.1, 0.15) is 21.7 Å². The van der Waals surface area contributed by atoms with E-state index >= 15 is 0 Å².